The zero-order valence-electron chi connectivity index (χ0n) is 26.9. The molecule has 0 aliphatic carbocycles. The quantitative estimate of drug-likeness (QED) is 0.186. The number of fused-ring (bicyclic) bond motifs is 10. The Morgan fingerprint density at radius 2 is 0.837 bits per heavy atom. The van der Waals surface area contributed by atoms with Crippen LogP contribution in [0, 0.1) is 0 Å². The van der Waals surface area contributed by atoms with Crippen LogP contribution < -0.4 is 37.7 Å². The van der Waals surface area contributed by atoms with E-state index in [1.807, 2.05) is 12.2 Å². The second kappa shape index (κ2) is 9.75. The predicted molar refractivity (Wildman–Crippen MR) is 212 cm³/mol. The van der Waals surface area contributed by atoms with E-state index in [2.05, 4.69) is 158 Å². The first-order chi connectivity index (χ1) is 24.2. The molecule has 4 aliphatic heterocycles. The lowest BCUT2D eigenvalue weighted by molar-refractivity contribution is 1.31. The van der Waals surface area contributed by atoms with Crippen LogP contribution in [0.2, 0.25) is 0 Å². The number of hydrogen-bond acceptors (Lipinski definition) is 1. The fourth-order valence-electron chi connectivity index (χ4n) is 9.27. The highest BCUT2D eigenvalue weighted by Gasteiger charge is 2.49. The molecule has 0 bridgehead atoms. The highest BCUT2D eigenvalue weighted by atomic mass is 15.2. The van der Waals surface area contributed by atoms with Gasteiger partial charge in [0.2, 0.25) is 13.4 Å². The SMILES string of the molecule is C=Cc1ccc(-c2ccc3c(c2)-c2cccc4c2B3c2cccc3c2N4c2cccc4c2B3c2ccc(-c3ccc(C=C)cc3)cc2-4)cc1. The van der Waals surface area contributed by atoms with Crippen LogP contribution in [-0.4, -0.2) is 13.4 Å². The molecule has 0 fully saturated rings. The minimum Gasteiger partial charge on any atom is -0.312 e. The van der Waals surface area contributed by atoms with Crippen LogP contribution in [-0.2, 0) is 0 Å². The van der Waals surface area contributed by atoms with Crippen LogP contribution in [0.3, 0.4) is 0 Å². The van der Waals surface area contributed by atoms with Crippen molar-refractivity contribution >= 4 is 75.4 Å². The van der Waals surface area contributed by atoms with Crippen LogP contribution in [0.4, 0.5) is 17.1 Å². The smallest absolute Gasteiger partial charge is 0.248 e. The van der Waals surface area contributed by atoms with Crippen LogP contribution in [0.1, 0.15) is 11.1 Å². The summed E-state index contributed by atoms with van der Waals surface area (Å²) < 4.78 is 0. The summed E-state index contributed by atoms with van der Waals surface area (Å²) in [7, 11) is 0. The average Bonchev–Trinajstić information content (AvgIpc) is 3.68. The van der Waals surface area contributed by atoms with Gasteiger partial charge in [0.15, 0.2) is 0 Å². The summed E-state index contributed by atoms with van der Waals surface area (Å²) in [6.07, 6.45) is 3.80. The van der Waals surface area contributed by atoms with Gasteiger partial charge in [-0.05, 0) is 102 Å². The first kappa shape index (κ1) is 27.0. The Morgan fingerprint density at radius 1 is 0.408 bits per heavy atom. The molecular weight excluding hydrogens is 588 g/mol. The third-order valence-corrected chi connectivity index (χ3v) is 11.4. The van der Waals surface area contributed by atoms with Crippen molar-refractivity contribution in [3.8, 4) is 44.5 Å². The average molecular weight is 617 g/mol. The molecule has 0 amide bonds. The fraction of sp³-hybridized carbons (Fsp3) is 0. The molecule has 0 aromatic heterocycles. The van der Waals surface area contributed by atoms with E-state index in [4.69, 9.17) is 0 Å². The number of para-hydroxylation sites is 1. The topological polar surface area (TPSA) is 3.24 Å². The Morgan fingerprint density at radius 3 is 1.29 bits per heavy atom. The van der Waals surface area contributed by atoms with Gasteiger partial charge in [-0.1, -0.05) is 151 Å². The van der Waals surface area contributed by atoms with E-state index in [9.17, 15) is 0 Å². The Balaban J connectivity index is 1.11. The molecule has 0 saturated heterocycles. The van der Waals surface area contributed by atoms with Crippen molar-refractivity contribution in [3.63, 3.8) is 0 Å². The van der Waals surface area contributed by atoms with E-state index in [1.54, 1.807) is 0 Å². The van der Waals surface area contributed by atoms with Gasteiger partial charge >= 0.3 is 0 Å². The van der Waals surface area contributed by atoms with Gasteiger partial charge in [-0.2, -0.15) is 0 Å². The van der Waals surface area contributed by atoms with Gasteiger partial charge < -0.3 is 4.90 Å². The van der Waals surface area contributed by atoms with Crippen molar-refractivity contribution in [1.29, 1.82) is 0 Å². The molecular formula is C46H29B2N. The van der Waals surface area contributed by atoms with Crippen LogP contribution >= 0.6 is 0 Å². The summed E-state index contributed by atoms with van der Waals surface area (Å²) in [4.78, 5) is 2.59. The summed E-state index contributed by atoms with van der Waals surface area (Å²) in [6.45, 7) is 8.27. The second-order valence-electron chi connectivity index (χ2n) is 13.7. The molecule has 7 aromatic rings. The van der Waals surface area contributed by atoms with Crippen molar-refractivity contribution in [1.82, 2.24) is 0 Å². The van der Waals surface area contributed by atoms with E-state index in [1.165, 1.54) is 94.3 Å². The molecule has 0 radical (unpaired) electrons. The lowest BCUT2D eigenvalue weighted by atomic mass is 9.32. The number of nitrogens with zero attached hydrogens (tertiary/aromatic N) is 1. The standard InChI is InChI=1S/C46H29B2N/c1-3-28-14-18-30(19-15-28)32-22-24-38-36(26-32)34-8-5-12-42-44(34)47(38)40-10-7-11-41-46(40)49(42)43-13-6-9-35-37-27-33(23-25-39(37)48(41)45(35)43)31-20-16-29(4-2)17-21-31/h3-27H,1-2H2. The molecule has 4 heterocycles. The number of hydrogen-bond donors (Lipinski definition) is 0. The molecule has 49 heavy (non-hydrogen) atoms. The predicted octanol–water partition coefficient (Wildman–Crippen LogP) is 7.40. The molecule has 0 atom stereocenters. The molecule has 7 aromatic carbocycles. The molecule has 224 valence electrons. The molecule has 0 N–H and O–H groups in total. The number of benzene rings is 7. The maximum absolute atomic E-state index is 3.93. The summed E-state index contributed by atoms with van der Waals surface area (Å²) >= 11 is 0. The maximum atomic E-state index is 3.93. The third-order valence-electron chi connectivity index (χ3n) is 11.4. The normalized spacial score (nSPS) is 13.3. The minimum atomic E-state index is 0.205. The second-order valence-corrected chi connectivity index (χ2v) is 13.7. The highest BCUT2D eigenvalue weighted by molar-refractivity contribution is 7.05. The van der Waals surface area contributed by atoms with E-state index in [0.29, 0.717) is 0 Å². The summed E-state index contributed by atoms with van der Waals surface area (Å²) in [5, 5.41) is 0. The molecule has 4 aliphatic rings. The molecule has 1 nitrogen and oxygen atoms in total. The van der Waals surface area contributed by atoms with E-state index >= 15 is 0 Å². The maximum Gasteiger partial charge on any atom is 0.248 e. The summed E-state index contributed by atoms with van der Waals surface area (Å²) in [6, 6.07) is 52.6. The zero-order chi connectivity index (χ0) is 32.4. The first-order valence-electron chi connectivity index (χ1n) is 17.1. The largest absolute Gasteiger partial charge is 0.312 e. The highest BCUT2D eigenvalue weighted by Crippen LogP contribution is 2.44. The van der Waals surface area contributed by atoms with Gasteiger partial charge in [0, 0.05) is 17.1 Å². The third kappa shape index (κ3) is 3.52. The van der Waals surface area contributed by atoms with Crippen molar-refractivity contribution in [2.75, 3.05) is 4.90 Å². The first-order valence-corrected chi connectivity index (χ1v) is 17.1. The van der Waals surface area contributed by atoms with Gasteiger partial charge in [0.1, 0.15) is 0 Å². The van der Waals surface area contributed by atoms with Crippen molar-refractivity contribution in [2.45, 2.75) is 0 Å². The molecule has 0 spiro atoms. The van der Waals surface area contributed by atoms with Gasteiger partial charge in [0.05, 0.1) is 0 Å². The number of anilines is 3. The van der Waals surface area contributed by atoms with E-state index in [0.717, 1.165) is 11.1 Å². The monoisotopic (exact) mass is 617 g/mol. The van der Waals surface area contributed by atoms with E-state index < -0.39 is 0 Å². The van der Waals surface area contributed by atoms with Gasteiger partial charge in [-0.25, -0.2) is 0 Å². The Hall–Kier alpha value is -6.05. The lowest BCUT2D eigenvalue weighted by Crippen LogP contribution is -2.62. The molecule has 3 heteroatoms. The summed E-state index contributed by atoms with van der Waals surface area (Å²) in [5.74, 6) is 0. The Bertz CT molecular complexity index is 2420. The van der Waals surface area contributed by atoms with Crippen LogP contribution in [0.5, 0.6) is 0 Å². The lowest BCUT2D eigenvalue weighted by Gasteiger charge is -2.42. The van der Waals surface area contributed by atoms with Crippen LogP contribution in [0.15, 0.2) is 153 Å². The van der Waals surface area contributed by atoms with Gasteiger partial charge in [0.25, 0.3) is 0 Å². The Labute approximate surface area is 287 Å². The zero-order valence-corrected chi connectivity index (χ0v) is 26.9. The van der Waals surface area contributed by atoms with Crippen molar-refractivity contribution in [3.05, 3.63) is 164 Å². The van der Waals surface area contributed by atoms with E-state index in [-0.39, 0.29) is 13.4 Å². The Kier molecular flexibility index (Phi) is 5.36. The minimum absolute atomic E-state index is 0.205. The molecule has 0 unspecified atom stereocenters. The van der Waals surface area contributed by atoms with Crippen molar-refractivity contribution in [2.24, 2.45) is 0 Å². The number of rotatable bonds is 4. The van der Waals surface area contributed by atoms with Crippen molar-refractivity contribution < 1.29 is 0 Å². The molecule has 0 saturated carbocycles. The summed E-state index contributed by atoms with van der Waals surface area (Å²) in [5.41, 5.74) is 25.1. The van der Waals surface area contributed by atoms with Gasteiger partial charge in [-0.3, -0.25) is 0 Å². The van der Waals surface area contributed by atoms with Gasteiger partial charge in [-0.15, -0.1) is 0 Å². The fourth-order valence-corrected chi connectivity index (χ4v) is 9.27. The molecule has 11 rings (SSSR count). The van der Waals surface area contributed by atoms with Crippen LogP contribution in [0.25, 0.3) is 56.7 Å².